The highest BCUT2D eigenvalue weighted by Crippen LogP contribution is 2.20. The van der Waals surface area contributed by atoms with E-state index in [-0.39, 0.29) is 5.91 Å². The molecule has 0 spiro atoms. The number of aliphatic carboxylic acids is 1. The van der Waals surface area contributed by atoms with Crippen molar-refractivity contribution in [3.63, 3.8) is 0 Å². The van der Waals surface area contributed by atoms with Gasteiger partial charge in [0.1, 0.15) is 0 Å². The number of carbonyl (C=O) groups excluding carboxylic acids is 2. The van der Waals surface area contributed by atoms with Gasteiger partial charge >= 0.3 is 5.97 Å². The van der Waals surface area contributed by atoms with Crippen molar-refractivity contribution in [1.82, 2.24) is 0 Å². The third-order valence-corrected chi connectivity index (χ3v) is 2.83. The summed E-state index contributed by atoms with van der Waals surface area (Å²) in [6.07, 6.45) is -0.101. The standard InChI is InChI=1S/C14H19N3O4/c1-3-12(18)16-9-5-4-8(2)11(6-9)17-14(21)10(15)7-13(19)20/h4-6,10H,3,7,15H2,1-2H3,(H,16,18)(H,17,21)(H,19,20). The minimum atomic E-state index is -1.14. The second kappa shape index (κ2) is 7.39. The van der Waals surface area contributed by atoms with Crippen LogP contribution in [0.25, 0.3) is 0 Å². The van der Waals surface area contributed by atoms with Crippen LogP contribution in [0.2, 0.25) is 0 Å². The van der Waals surface area contributed by atoms with E-state index in [1.165, 1.54) is 0 Å². The Morgan fingerprint density at radius 1 is 1.29 bits per heavy atom. The fraction of sp³-hybridized carbons (Fsp3) is 0.357. The minimum Gasteiger partial charge on any atom is -0.481 e. The highest BCUT2D eigenvalue weighted by molar-refractivity contribution is 5.98. The number of amides is 2. The molecule has 1 unspecified atom stereocenters. The Morgan fingerprint density at radius 3 is 2.52 bits per heavy atom. The van der Waals surface area contributed by atoms with Crippen LogP contribution < -0.4 is 16.4 Å². The van der Waals surface area contributed by atoms with Crippen molar-refractivity contribution in [3.8, 4) is 0 Å². The molecular formula is C14H19N3O4. The lowest BCUT2D eigenvalue weighted by molar-refractivity contribution is -0.138. The summed E-state index contributed by atoms with van der Waals surface area (Å²) in [4.78, 5) is 33.7. The molecule has 0 fully saturated rings. The van der Waals surface area contributed by atoms with Gasteiger partial charge in [-0.25, -0.2) is 0 Å². The van der Waals surface area contributed by atoms with Crippen LogP contribution in [0.4, 0.5) is 11.4 Å². The molecule has 7 heteroatoms. The maximum absolute atomic E-state index is 11.8. The van der Waals surface area contributed by atoms with Gasteiger partial charge < -0.3 is 21.5 Å². The number of nitrogens with one attached hydrogen (secondary N) is 2. The Hall–Kier alpha value is -2.41. The van der Waals surface area contributed by atoms with Gasteiger partial charge in [-0.15, -0.1) is 0 Å². The van der Waals surface area contributed by atoms with Crippen molar-refractivity contribution in [2.24, 2.45) is 5.73 Å². The van der Waals surface area contributed by atoms with Crippen LogP contribution in [-0.4, -0.2) is 28.9 Å². The van der Waals surface area contributed by atoms with E-state index in [4.69, 9.17) is 10.8 Å². The Morgan fingerprint density at radius 2 is 1.95 bits per heavy atom. The van der Waals surface area contributed by atoms with E-state index in [0.717, 1.165) is 5.56 Å². The fourth-order valence-electron chi connectivity index (χ4n) is 1.59. The monoisotopic (exact) mass is 293 g/mol. The highest BCUT2D eigenvalue weighted by Gasteiger charge is 2.17. The predicted octanol–water partition coefficient (Wildman–Crippen LogP) is 1.08. The summed E-state index contributed by atoms with van der Waals surface area (Å²) in [6, 6.07) is 3.93. The van der Waals surface area contributed by atoms with Crippen molar-refractivity contribution in [2.45, 2.75) is 32.7 Å². The number of nitrogens with two attached hydrogens (primary N) is 1. The van der Waals surface area contributed by atoms with E-state index in [1.807, 2.05) is 0 Å². The summed E-state index contributed by atoms with van der Waals surface area (Å²) in [5, 5.41) is 13.9. The summed E-state index contributed by atoms with van der Waals surface area (Å²) >= 11 is 0. The van der Waals surface area contributed by atoms with Crippen LogP contribution in [0, 0.1) is 6.92 Å². The van der Waals surface area contributed by atoms with Crippen LogP contribution in [0.5, 0.6) is 0 Å². The van der Waals surface area contributed by atoms with Gasteiger partial charge in [0.05, 0.1) is 12.5 Å². The van der Waals surface area contributed by atoms with E-state index in [9.17, 15) is 14.4 Å². The number of carbonyl (C=O) groups is 3. The zero-order valence-corrected chi connectivity index (χ0v) is 12.0. The lowest BCUT2D eigenvalue weighted by Gasteiger charge is -2.14. The summed E-state index contributed by atoms with van der Waals surface area (Å²) in [6.45, 7) is 3.51. The quantitative estimate of drug-likeness (QED) is 0.625. The first kappa shape index (κ1) is 16.6. The van der Waals surface area contributed by atoms with E-state index < -0.39 is 24.3 Å². The molecule has 1 aromatic carbocycles. The van der Waals surface area contributed by atoms with Gasteiger partial charge in [0.25, 0.3) is 0 Å². The molecule has 0 bridgehead atoms. The molecule has 0 aliphatic rings. The van der Waals surface area contributed by atoms with Gasteiger partial charge in [-0.2, -0.15) is 0 Å². The molecule has 114 valence electrons. The van der Waals surface area contributed by atoms with Crippen LogP contribution in [-0.2, 0) is 14.4 Å². The van der Waals surface area contributed by atoms with Crippen molar-refractivity contribution < 1.29 is 19.5 Å². The first-order valence-corrected chi connectivity index (χ1v) is 6.52. The van der Waals surface area contributed by atoms with Gasteiger partial charge in [-0.3, -0.25) is 14.4 Å². The second-order valence-electron chi connectivity index (χ2n) is 4.63. The fourth-order valence-corrected chi connectivity index (χ4v) is 1.59. The number of carboxylic acids is 1. The second-order valence-corrected chi connectivity index (χ2v) is 4.63. The largest absolute Gasteiger partial charge is 0.481 e. The predicted molar refractivity (Wildman–Crippen MR) is 79.0 cm³/mol. The molecule has 2 amide bonds. The molecule has 1 rings (SSSR count). The SMILES string of the molecule is CCC(=O)Nc1ccc(C)c(NC(=O)C(N)CC(=O)O)c1. The smallest absolute Gasteiger partial charge is 0.305 e. The highest BCUT2D eigenvalue weighted by atomic mass is 16.4. The maximum atomic E-state index is 11.8. The number of aryl methyl sites for hydroxylation is 1. The molecule has 0 radical (unpaired) electrons. The average molecular weight is 293 g/mol. The van der Waals surface area contributed by atoms with Crippen LogP contribution >= 0.6 is 0 Å². The molecule has 0 saturated carbocycles. The number of hydrogen-bond acceptors (Lipinski definition) is 4. The van der Waals surface area contributed by atoms with Gasteiger partial charge in [0.2, 0.25) is 11.8 Å². The van der Waals surface area contributed by atoms with Crippen LogP contribution in [0.1, 0.15) is 25.3 Å². The molecule has 21 heavy (non-hydrogen) atoms. The lowest BCUT2D eigenvalue weighted by Crippen LogP contribution is -2.37. The minimum absolute atomic E-state index is 0.140. The van der Waals surface area contributed by atoms with Crippen molar-refractivity contribution in [2.75, 3.05) is 10.6 Å². The van der Waals surface area contributed by atoms with E-state index in [0.29, 0.717) is 17.8 Å². The lowest BCUT2D eigenvalue weighted by atomic mass is 10.1. The average Bonchev–Trinajstić information content (AvgIpc) is 2.41. The van der Waals surface area contributed by atoms with Gasteiger partial charge in [0, 0.05) is 17.8 Å². The molecule has 1 atom stereocenters. The van der Waals surface area contributed by atoms with Gasteiger partial charge in [-0.05, 0) is 24.6 Å². The molecule has 1 aromatic rings. The third-order valence-electron chi connectivity index (χ3n) is 2.83. The molecule has 0 aliphatic carbocycles. The zero-order chi connectivity index (χ0) is 16.0. The molecule has 7 nitrogen and oxygen atoms in total. The first-order chi connectivity index (χ1) is 9.83. The molecule has 0 saturated heterocycles. The number of rotatable bonds is 6. The topological polar surface area (TPSA) is 122 Å². The van der Waals surface area contributed by atoms with Gasteiger partial charge in [0.15, 0.2) is 0 Å². The zero-order valence-electron chi connectivity index (χ0n) is 12.0. The van der Waals surface area contributed by atoms with Crippen molar-refractivity contribution in [3.05, 3.63) is 23.8 Å². The normalized spacial score (nSPS) is 11.6. The molecular weight excluding hydrogens is 274 g/mol. The number of anilines is 2. The summed E-state index contributed by atoms with van der Waals surface area (Å²) < 4.78 is 0. The van der Waals surface area contributed by atoms with Gasteiger partial charge in [-0.1, -0.05) is 13.0 Å². The Bertz CT molecular complexity index is 557. The summed E-state index contributed by atoms with van der Waals surface area (Å²) in [7, 11) is 0. The number of benzene rings is 1. The van der Waals surface area contributed by atoms with Crippen LogP contribution in [0.3, 0.4) is 0 Å². The summed E-state index contributed by atoms with van der Waals surface area (Å²) in [5.74, 6) is -1.86. The van der Waals surface area contributed by atoms with Crippen molar-refractivity contribution >= 4 is 29.2 Å². The van der Waals surface area contributed by atoms with E-state index in [2.05, 4.69) is 10.6 Å². The molecule has 0 aromatic heterocycles. The van der Waals surface area contributed by atoms with Crippen molar-refractivity contribution in [1.29, 1.82) is 0 Å². The third kappa shape index (κ3) is 5.23. The number of carboxylic acid groups (broad SMARTS) is 1. The molecule has 0 heterocycles. The van der Waals surface area contributed by atoms with E-state index >= 15 is 0 Å². The Kier molecular flexibility index (Phi) is 5.86. The first-order valence-electron chi connectivity index (χ1n) is 6.52. The molecule has 0 aliphatic heterocycles. The van der Waals surface area contributed by atoms with Crippen LogP contribution in [0.15, 0.2) is 18.2 Å². The molecule has 5 N–H and O–H groups in total. The van der Waals surface area contributed by atoms with E-state index in [1.54, 1.807) is 32.0 Å². The Balaban J connectivity index is 2.82. The Labute approximate surface area is 122 Å². The number of hydrogen-bond donors (Lipinski definition) is 4. The summed E-state index contributed by atoms with van der Waals surface area (Å²) in [5.41, 5.74) is 7.30. The maximum Gasteiger partial charge on any atom is 0.305 e.